The predicted molar refractivity (Wildman–Crippen MR) is 77.4 cm³/mol. The highest BCUT2D eigenvalue weighted by molar-refractivity contribution is 7.89. The molecule has 0 N–H and O–H groups in total. The molecule has 2 rings (SSSR count). The lowest BCUT2D eigenvalue weighted by Crippen LogP contribution is -2.31. The van der Waals surface area contributed by atoms with Gasteiger partial charge >= 0.3 is 0 Å². The van der Waals surface area contributed by atoms with Crippen molar-refractivity contribution >= 4 is 10.0 Å². The molecule has 106 valence electrons. The summed E-state index contributed by atoms with van der Waals surface area (Å²) < 4.78 is 26.7. The first-order chi connectivity index (χ1) is 8.88. The van der Waals surface area contributed by atoms with Gasteiger partial charge in [-0.3, -0.25) is 0 Å². The van der Waals surface area contributed by atoms with Crippen molar-refractivity contribution in [1.82, 2.24) is 4.31 Å². The molecule has 0 spiro atoms. The molecule has 0 radical (unpaired) electrons. The Morgan fingerprint density at radius 1 is 1.26 bits per heavy atom. The minimum absolute atomic E-state index is 0.209. The van der Waals surface area contributed by atoms with Crippen LogP contribution in [0.4, 0.5) is 0 Å². The van der Waals surface area contributed by atoms with Crippen LogP contribution in [-0.2, 0) is 10.0 Å². The Morgan fingerprint density at radius 2 is 1.89 bits per heavy atom. The van der Waals surface area contributed by atoms with E-state index in [4.69, 9.17) is 0 Å². The number of hydrogen-bond donors (Lipinski definition) is 0. The van der Waals surface area contributed by atoms with Crippen molar-refractivity contribution in [2.24, 2.45) is 11.3 Å². The average Bonchev–Trinajstić information content (AvgIpc) is 2.91. The molecule has 3 nitrogen and oxygen atoms in total. The van der Waals surface area contributed by atoms with Gasteiger partial charge in [-0.15, -0.1) is 0 Å². The third kappa shape index (κ3) is 2.84. The van der Waals surface area contributed by atoms with Crippen molar-refractivity contribution in [2.75, 3.05) is 13.1 Å². The van der Waals surface area contributed by atoms with E-state index >= 15 is 0 Å². The normalized spacial score (nSPS) is 21.7. The number of benzene rings is 1. The van der Waals surface area contributed by atoms with E-state index in [1.807, 2.05) is 6.07 Å². The molecule has 1 aliphatic heterocycles. The maximum atomic E-state index is 12.5. The van der Waals surface area contributed by atoms with Gasteiger partial charge in [0.15, 0.2) is 0 Å². The predicted octanol–water partition coefficient (Wildman–Crippen LogP) is 3.13. The summed E-state index contributed by atoms with van der Waals surface area (Å²) >= 11 is 0. The zero-order valence-electron chi connectivity index (χ0n) is 12.0. The van der Waals surface area contributed by atoms with Gasteiger partial charge in [0.05, 0.1) is 4.90 Å². The molecule has 1 saturated heterocycles. The molecule has 0 aliphatic carbocycles. The molecule has 0 aromatic heterocycles. The van der Waals surface area contributed by atoms with Crippen LogP contribution >= 0.6 is 0 Å². The highest BCUT2D eigenvalue weighted by atomic mass is 32.2. The fraction of sp³-hybridized carbons (Fsp3) is 0.600. The Hall–Kier alpha value is -0.870. The summed E-state index contributed by atoms with van der Waals surface area (Å²) in [7, 11) is -3.31. The van der Waals surface area contributed by atoms with Crippen molar-refractivity contribution in [3.63, 3.8) is 0 Å². The molecule has 0 amide bonds. The number of nitrogens with zero attached hydrogens (tertiary/aromatic N) is 1. The summed E-state index contributed by atoms with van der Waals surface area (Å²) in [6.07, 6.45) is 2.05. The smallest absolute Gasteiger partial charge is 0.207 e. The minimum atomic E-state index is -3.31. The van der Waals surface area contributed by atoms with Crippen LogP contribution in [0.1, 0.15) is 33.6 Å². The van der Waals surface area contributed by atoms with Crippen LogP contribution in [0.2, 0.25) is 0 Å². The lowest BCUT2D eigenvalue weighted by molar-refractivity contribution is 0.214. The summed E-state index contributed by atoms with van der Waals surface area (Å²) in [5.74, 6) is 0.455. The van der Waals surface area contributed by atoms with E-state index in [1.165, 1.54) is 0 Å². The van der Waals surface area contributed by atoms with Gasteiger partial charge < -0.3 is 0 Å². The molecule has 1 aromatic rings. The van der Waals surface area contributed by atoms with Crippen LogP contribution in [0.3, 0.4) is 0 Å². The van der Waals surface area contributed by atoms with E-state index in [0.717, 1.165) is 12.8 Å². The van der Waals surface area contributed by atoms with Crippen molar-refractivity contribution < 1.29 is 8.42 Å². The van der Waals surface area contributed by atoms with Crippen LogP contribution in [0.5, 0.6) is 0 Å². The van der Waals surface area contributed by atoms with E-state index in [2.05, 4.69) is 20.8 Å². The van der Waals surface area contributed by atoms with Gasteiger partial charge in [0.2, 0.25) is 10.0 Å². The molecule has 1 aromatic carbocycles. The van der Waals surface area contributed by atoms with Crippen LogP contribution in [0.15, 0.2) is 35.2 Å². The van der Waals surface area contributed by atoms with Gasteiger partial charge in [-0.25, -0.2) is 8.42 Å². The molecular formula is C15H23NO2S. The summed E-state index contributed by atoms with van der Waals surface area (Å²) in [5.41, 5.74) is 0.209. The fourth-order valence-corrected chi connectivity index (χ4v) is 4.14. The molecule has 19 heavy (non-hydrogen) atoms. The Kier molecular flexibility index (Phi) is 4.02. The second-order valence-electron chi connectivity index (χ2n) is 6.00. The van der Waals surface area contributed by atoms with Gasteiger partial charge in [0.25, 0.3) is 0 Å². The maximum Gasteiger partial charge on any atom is 0.243 e. The standard InChI is InChI=1S/C15H23NO2S/c1-4-15(2,3)13-10-11-16(12-13)19(17,18)14-8-6-5-7-9-14/h5-9,13H,4,10-12H2,1-3H3/t13-/m1/s1. The highest BCUT2D eigenvalue weighted by Crippen LogP contribution is 2.38. The molecule has 0 saturated carbocycles. The first-order valence-electron chi connectivity index (χ1n) is 6.93. The molecule has 1 fully saturated rings. The van der Waals surface area contributed by atoms with E-state index in [1.54, 1.807) is 28.6 Å². The molecule has 0 bridgehead atoms. The van der Waals surface area contributed by atoms with Gasteiger partial charge in [0, 0.05) is 13.1 Å². The first-order valence-corrected chi connectivity index (χ1v) is 8.37. The van der Waals surface area contributed by atoms with Gasteiger partial charge in [-0.1, -0.05) is 45.4 Å². The average molecular weight is 281 g/mol. The van der Waals surface area contributed by atoms with Crippen molar-refractivity contribution in [3.05, 3.63) is 30.3 Å². The zero-order valence-corrected chi connectivity index (χ0v) is 12.8. The number of hydrogen-bond acceptors (Lipinski definition) is 2. The van der Waals surface area contributed by atoms with Crippen LogP contribution in [0, 0.1) is 11.3 Å². The monoisotopic (exact) mass is 281 g/mol. The van der Waals surface area contributed by atoms with Crippen molar-refractivity contribution in [1.29, 1.82) is 0 Å². The maximum absolute atomic E-state index is 12.5. The quantitative estimate of drug-likeness (QED) is 0.850. The van der Waals surface area contributed by atoms with Crippen molar-refractivity contribution in [3.8, 4) is 0 Å². The summed E-state index contributed by atoms with van der Waals surface area (Å²) in [4.78, 5) is 0.407. The molecule has 1 atom stereocenters. The van der Waals surface area contributed by atoms with Crippen LogP contribution < -0.4 is 0 Å². The van der Waals surface area contributed by atoms with E-state index in [9.17, 15) is 8.42 Å². The van der Waals surface area contributed by atoms with E-state index < -0.39 is 10.0 Å². The van der Waals surface area contributed by atoms with Crippen molar-refractivity contribution in [2.45, 2.75) is 38.5 Å². The number of rotatable bonds is 4. The van der Waals surface area contributed by atoms with E-state index in [-0.39, 0.29) is 5.41 Å². The lowest BCUT2D eigenvalue weighted by atomic mass is 9.76. The highest BCUT2D eigenvalue weighted by Gasteiger charge is 2.38. The minimum Gasteiger partial charge on any atom is -0.207 e. The molecule has 1 aliphatic rings. The fourth-order valence-electron chi connectivity index (χ4n) is 2.61. The molecule has 4 heteroatoms. The SMILES string of the molecule is CCC(C)(C)[C@@H]1CCN(S(=O)(=O)c2ccccc2)C1. The van der Waals surface area contributed by atoms with Gasteiger partial charge in [-0.05, 0) is 29.9 Å². The Balaban J connectivity index is 2.18. The molecule has 1 heterocycles. The zero-order chi connectivity index (χ0) is 14.1. The third-order valence-corrected chi connectivity index (χ3v) is 6.43. The van der Waals surface area contributed by atoms with E-state index in [0.29, 0.717) is 23.9 Å². The Labute approximate surface area is 116 Å². The van der Waals surface area contributed by atoms with Gasteiger partial charge in [0.1, 0.15) is 0 Å². The summed E-state index contributed by atoms with van der Waals surface area (Å²) in [6.45, 7) is 7.93. The molecule has 0 unspecified atom stereocenters. The second-order valence-corrected chi connectivity index (χ2v) is 7.94. The second kappa shape index (κ2) is 5.25. The third-order valence-electron chi connectivity index (χ3n) is 4.55. The van der Waals surface area contributed by atoms with Gasteiger partial charge in [-0.2, -0.15) is 4.31 Å². The van der Waals surface area contributed by atoms with Crippen LogP contribution in [0.25, 0.3) is 0 Å². The first kappa shape index (κ1) is 14.5. The van der Waals surface area contributed by atoms with Crippen LogP contribution in [-0.4, -0.2) is 25.8 Å². The Morgan fingerprint density at radius 3 is 2.47 bits per heavy atom. The number of sulfonamides is 1. The molecular weight excluding hydrogens is 258 g/mol. The Bertz CT molecular complexity index is 522. The summed E-state index contributed by atoms with van der Waals surface area (Å²) in [6, 6.07) is 8.74. The topological polar surface area (TPSA) is 37.4 Å². The lowest BCUT2D eigenvalue weighted by Gasteiger charge is -2.30. The summed E-state index contributed by atoms with van der Waals surface area (Å²) in [5, 5.41) is 0. The largest absolute Gasteiger partial charge is 0.243 e.